The number of hydrogen-bond donors (Lipinski definition) is 1. The summed E-state index contributed by atoms with van der Waals surface area (Å²) in [6.07, 6.45) is 9.75. The molecule has 0 heterocycles. The van der Waals surface area contributed by atoms with Gasteiger partial charge >= 0.3 is 5.97 Å². The summed E-state index contributed by atoms with van der Waals surface area (Å²) < 4.78 is 6.63. The van der Waals surface area contributed by atoms with Gasteiger partial charge in [-0.3, -0.25) is 0 Å². The van der Waals surface area contributed by atoms with Crippen LogP contribution in [0.5, 0.6) is 0 Å². The zero-order chi connectivity index (χ0) is 23.7. The van der Waals surface area contributed by atoms with Crippen molar-refractivity contribution < 1.29 is 14.3 Å². The summed E-state index contributed by atoms with van der Waals surface area (Å²) in [6, 6.07) is 0. The van der Waals surface area contributed by atoms with E-state index in [4.69, 9.17) is 9.53 Å². The standard InChI is InChI=1S/C26H44O3Si/c1-12-24(29-30(10,11)26(7,8)9)23(6)18-22(5)17-21(4)16-20(3)15-19(2)13-14-25(27)28/h13-14,16,18,21,24H,2,5,12,15,17H2,1,3-4,6-11H3,(H,27,28)/b14-13+,20-16+,23-18+/t21-,24-/m1/s1. The van der Waals surface area contributed by atoms with Crippen molar-refractivity contribution in [1.29, 1.82) is 0 Å². The van der Waals surface area contributed by atoms with Crippen LogP contribution in [-0.2, 0) is 9.22 Å². The van der Waals surface area contributed by atoms with Crippen molar-refractivity contribution in [1.82, 2.24) is 0 Å². The van der Waals surface area contributed by atoms with Crippen molar-refractivity contribution in [2.45, 2.75) is 92.0 Å². The molecular weight excluding hydrogens is 388 g/mol. The van der Waals surface area contributed by atoms with Gasteiger partial charge in [-0.15, -0.1) is 0 Å². The molecule has 3 nitrogen and oxygen atoms in total. The first-order valence-corrected chi connectivity index (χ1v) is 13.8. The molecule has 4 heteroatoms. The van der Waals surface area contributed by atoms with Crippen LogP contribution in [0.25, 0.3) is 0 Å². The Morgan fingerprint density at radius 1 is 1.13 bits per heavy atom. The first kappa shape index (κ1) is 28.3. The van der Waals surface area contributed by atoms with Gasteiger partial charge < -0.3 is 9.53 Å². The monoisotopic (exact) mass is 432 g/mol. The summed E-state index contributed by atoms with van der Waals surface area (Å²) in [5, 5.41) is 8.90. The third-order valence-corrected chi connectivity index (χ3v) is 10.2. The number of hydrogen-bond acceptors (Lipinski definition) is 2. The van der Waals surface area contributed by atoms with Crippen LogP contribution in [0.3, 0.4) is 0 Å². The quantitative estimate of drug-likeness (QED) is 0.148. The van der Waals surface area contributed by atoms with Crippen LogP contribution in [0.2, 0.25) is 18.1 Å². The Labute approximate surface area is 186 Å². The SMILES string of the molecule is C=C(/C=C/C(=O)O)C/C(C)=C/[C@@H](C)CC(=C)/C=C(\C)[C@@H](CC)O[Si](C)(C)C(C)(C)C. The predicted molar refractivity (Wildman–Crippen MR) is 133 cm³/mol. The summed E-state index contributed by atoms with van der Waals surface area (Å²) >= 11 is 0. The molecule has 0 radical (unpaired) electrons. The normalized spacial score (nSPS) is 15.9. The van der Waals surface area contributed by atoms with Gasteiger partial charge in [0.05, 0.1) is 6.10 Å². The molecule has 0 rings (SSSR count). The minimum Gasteiger partial charge on any atom is -0.478 e. The molecule has 30 heavy (non-hydrogen) atoms. The van der Waals surface area contributed by atoms with Crippen LogP contribution < -0.4 is 0 Å². The van der Waals surface area contributed by atoms with Crippen LogP contribution >= 0.6 is 0 Å². The van der Waals surface area contributed by atoms with E-state index in [0.29, 0.717) is 12.3 Å². The molecule has 1 N–H and O–H groups in total. The van der Waals surface area contributed by atoms with E-state index >= 15 is 0 Å². The molecule has 0 aliphatic carbocycles. The number of allylic oxidation sites excluding steroid dienone is 6. The van der Waals surface area contributed by atoms with E-state index in [1.165, 1.54) is 11.1 Å². The van der Waals surface area contributed by atoms with Crippen molar-refractivity contribution in [2.75, 3.05) is 0 Å². The number of carboxylic acid groups (broad SMARTS) is 1. The van der Waals surface area contributed by atoms with Crippen LogP contribution in [0.1, 0.15) is 67.7 Å². The first-order valence-electron chi connectivity index (χ1n) is 10.9. The Hall–Kier alpha value is -1.65. The smallest absolute Gasteiger partial charge is 0.328 e. The molecule has 0 spiro atoms. The first-order chi connectivity index (χ1) is 13.6. The van der Waals surface area contributed by atoms with E-state index in [1.807, 2.05) is 0 Å². The Bertz CT molecular complexity index is 702. The molecule has 0 aliphatic heterocycles. The van der Waals surface area contributed by atoms with Crippen LogP contribution in [0, 0.1) is 5.92 Å². The maximum Gasteiger partial charge on any atom is 0.328 e. The van der Waals surface area contributed by atoms with E-state index in [1.54, 1.807) is 6.08 Å². The van der Waals surface area contributed by atoms with Crippen molar-refractivity contribution in [3.05, 3.63) is 59.8 Å². The molecule has 0 aliphatic rings. The second-order valence-electron chi connectivity index (χ2n) is 10.0. The Morgan fingerprint density at radius 2 is 1.70 bits per heavy atom. The fourth-order valence-electron chi connectivity index (χ4n) is 3.13. The van der Waals surface area contributed by atoms with E-state index in [2.05, 4.69) is 86.9 Å². The highest BCUT2D eigenvalue weighted by Crippen LogP contribution is 2.38. The Kier molecular flexibility index (Phi) is 11.6. The molecule has 0 unspecified atom stereocenters. The third kappa shape index (κ3) is 10.9. The van der Waals surface area contributed by atoms with Crippen molar-refractivity contribution in [3.63, 3.8) is 0 Å². The van der Waals surface area contributed by atoms with Gasteiger partial charge in [-0.2, -0.15) is 0 Å². The average molecular weight is 433 g/mol. The van der Waals surface area contributed by atoms with Crippen molar-refractivity contribution in [2.24, 2.45) is 5.92 Å². The molecule has 0 aromatic heterocycles. The predicted octanol–water partition coefficient (Wildman–Crippen LogP) is 7.85. The van der Waals surface area contributed by atoms with Gasteiger partial charge in [0.15, 0.2) is 8.32 Å². The molecule has 2 atom stereocenters. The molecule has 170 valence electrons. The van der Waals surface area contributed by atoms with Gasteiger partial charge in [0.2, 0.25) is 0 Å². The molecule has 0 aromatic carbocycles. The number of rotatable bonds is 12. The van der Waals surface area contributed by atoms with Gasteiger partial charge in [-0.05, 0) is 62.7 Å². The molecule has 0 fully saturated rings. The van der Waals surface area contributed by atoms with Crippen LogP contribution in [0.15, 0.2) is 59.8 Å². The molecular formula is C26H44O3Si. The molecule has 0 aromatic rings. The summed E-state index contributed by atoms with van der Waals surface area (Å²) in [5.74, 6) is -0.605. The van der Waals surface area contributed by atoms with Gasteiger partial charge in [-0.1, -0.05) is 82.7 Å². The molecule has 0 bridgehead atoms. The van der Waals surface area contributed by atoms with Gasteiger partial charge in [0, 0.05) is 6.08 Å². The second-order valence-corrected chi connectivity index (χ2v) is 14.8. The highest BCUT2D eigenvalue weighted by atomic mass is 28.4. The van der Waals surface area contributed by atoms with Gasteiger partial charge in [-0.25, -0.2) is 4.79 Å². The van der Waals surface area contributed by atoms with E-state index in [9.17, 15) is 4.79 Å². The minimum absolute atomic E-state index is 0.138. The summed E-state index contributed by atoms with van der Waals surface area (Å²) in [5.41, 5.74) is 4.32. The lowest BCUT2D eigenvalue weighted by Gasteiger charge is -2.39. The van der Waals surface area contributed by atoms with E-state index < -0.39 is 14.3 Å². The third-order valence-electron chi connectivity index (χ3n) is 5.67. The Morgan fingerprint density at radius 3 is 2.17 bits per heavy atom. The summed E-state index contributed by atoms with van der Waals surface area (Å²) in [4.78, 5) is 10.6. The highest BCUT2D eigenvalue weighted by molar-refractivity contribution is 6.74. The molecule has 0 amide bonds. The number of aliphatic carboxylic acids is 1. The lowest BCUT2D eigenvalue weighted by atomic mass is 9.95. The topological polar surface area (TPSA) is 46.5 Å². The average Bonchev–Trinajstić information content (AvgIpc) is 2.56. The van der Waals surface area contributed by atoms with Gasteiger partial charge in [0.1, 0.15) is 0 Å². The summed E-state index contributed by atoms with van der Waals surface area (Å²) in [7, 11) is -1.82. The highest BCUT2D eigenvalue weighted by Gasteiger charge is 2.39. The van der Waals surface area contributed by atoms with E-state index in [0.717, 1.165) is 30.1 Å². The van der Waals surface area contributed by atoms with Crippen molar-refractivity contribution in [3.8, 4) is 0 Å². The Balaban J connectivity index is 5.00. The minimum atomic E-state index is -1.82. The number of carboxylic acids is 1. The zero-order valence-electron chi connectivity index (χ0n) is 20.8. The van der Waals surface area contributed by atoms with Crippen LogP contribution in [-0.4, -0.2) is 25.5 Å². The molecule has 0 saturated heterocycles. The lowest BCUT2D eigenvalue weighted by molar-refractivity contribution is -0.131. The van der Waals surface area contributed by atoms with Crippen molar-refractivity contribution >= 4 is 14.3 Å². The van der Waals surface area contributed by atoms with E-state index in [-0.39, 0.29) is 11.1 Å². The largest absolute Gasteiger partial charge is 0.478 e. The lowest BCUT2D eigenvalue weighted by Crippen LogP contribution is -2.44. The second kappa shape index (κ2) is 12.3. The maximum atomic E-state index is 10.6. The van der Waals surface area contributed by atoms with Crippen LogP contribution in [0.4, 0.5) is 0 Å². The maximum absolute atomic E-state index is 10.6. The summed E-state index contributed by atoms with van der Waals surface area (Å²) in [6.45, 7) is 28.2. The zero-order valence-corrected chi connectivity index (χ0v) is 21.8. The fourth-order valence-corrected chi connectivity index (χ4v) is 4.55. The number of carbonyl (C=O) groups is 1. The van der Waals surface area contributed by atoms with Gasteiger partial charge in [0.25, 0.3) is 0 Å². The fraction of sp³-hybridized carbons (Fsp3) is 0.577. The molecule has 0 saturated carbocycles.